The van der Waals surface area contributed by atoms with Gasteiger partial charge in [0.2, 0.25) is 0 Å². The van der Waals surface area contributed by atoms with Crippen LogP contribution in [-0.2, 0) is 36.9 Å². The highest BCUT2D eigenvalue weighted by Crippen LogP contribution is 2.17. The van der Waals surface area contributed by atoms with Gasteiger partial charge in [0.25, 0.3) is 0 Å². The summed E-state index contributed by atoms with van der Waals surface area (Å²) < 4.78 is 26.6. The van der Waals surface area contributed by atoms with Gasteiger partial charge in [-0.3, -0.25) is 0 Å². The number of nitrogens with zero attached hydrogens (tertiary/aromatic N) is 2. The van der Waals surface area contributed by atoms with Crippen molar-refractivity contribution in [2.45, 2.75) is 76.7 Å². The summed E-state index contributed by atoms with van der Waals surface area (Å²) in [6.45, 7) is 7.74. The topological polar surface area (TPSA) is 142 Å². The molecule has 45 heavy (non-hydrogen) atoms. The largest absolute Gasteiger partial charge is 0.445 e. The van der Waals surface area contributed by atoms with Gasteiger partial charge >= 0.3 is 18.3 Å². The van der Waals surface area contributed by atoms with Gasteiger partial charge in [-0.2, -0.15) is 0 Å². The van der Waals surface area contributed by atoms with Crippen LogP contribution in [0.5, 0.6) is 0 Å². The minimum atomic E-state index is -0.576. The van der Waals surface area contributed by atoms with Gasteiger partial charge in [-0.1, -0.05) is 60.7 Å². The van der Waals surface area contributed by atoms with Crippen molar-refractivity contribution in [1.29, 1.82) is 0 Å². The maximum Gasteiger partial charge on any atom is 0.410 e. The van der Waals surface area contributed by atoms with Gasteiger partial charge in [0, 0.05) is 33.4 Å². The Morgan fingerprint density at radius 2 is 1.22 bits per heavy atom. The molecule has 12 heteroatoms. The Balaban J connectivity index is 0.000000257. The van der Waals surface area contributed by atoms with Crippen LogP contribution in [0.2, 0.25) is 0 Å². The number of nitrogens with two attached hydrogens (primary N) is 1. The Hall–Kier alpha value is -3.87. The number of carbonyl (C=O) groups excluding carboxylic acids is 3. The molecule has 2 aliphatic heterocycles. The van der Waals surface area contributed by atoms with E-state index < -0.39 is 17.8 Å². The molecule has 0 spiro atoms. The van der Waals surface area contributed by atoms with Gasteiger partial charge < -0.3 is 44.5 Å². The number of likely N-dealkylation sites (tertiary alicyclic amines) is 2. The van der Waals surface area contributed by atoms with E-state index in [0.29, 0.717) is 32.6 Å². The fourth-order valence-corrected chi connectivity index (χ4v) is 4.98. The molecule has 2 aliphatic rings. The number of rotatable bonds is 7. The smallest absolute Gasteiger partial charge is 0.410 e. The molecule has 4 atom stereocenters. The lowest BCUT2D eigenvalue weighted by molar-refractivity contribution is 0.00546. The third kappa shape index (κ3) is 12.9. The zero-order valence-corrected chi connectivity index (χ0v) is 27.0. The van der Waals surface area contributed by atoms with E-state index in [4.69, 9.17) is 29.4 Å². The number of piperidine rings is 2. The molecule has 2 heterocycles. The van der Waals surface area contributed by atoms with Crippen molar-refractivity contribution in [2.75, 3.05) is 40.4 Å². The molecule has 2 fully saturated rings. The second-order valence-corrected chi connectivity index (χ2v) is 12.2. The Bertz CT molecular complexity index is 1190. The first-order chi connectivity index (χ1) is 21.5. The first-order valence-corrected chi connectivity index (χ1v) is 15.2. The Morgan fingerprint density at radius 1 is 0.756 bits per heavy atom. The molecular formula is C33H48N4O8. The van der Waals surface area contributed by atoms with Crippen molar-refractivity contribution < 1.29 is 38.1 Å². The molecule has 0 radical (unpaired) electrons. The number of hydrogen-bond donors (Lipinski definition) is 2. The molecule has 0 bridgehead atoms. The van der Waals surface area contributed by atoms with Crippen molar-refractivity contribution >= 4 is 18.3 Å². The summed E-state index contributed by atoms with van der Waals surface area (Å²) in [5.74, 6) is 0. The monoisotopic (exact) mass is 628 g/mol. The van der Waals surface area contributed by atoms with Crippen molar-refractivity contribution in [3.05, 3.63) is 71.8 Å². The summed E-state index contributed by atoms with van der Waals surface area (Å²) in [6, 6.07) is 18.8. The lowest BCUT2D eigenvalue weighted by Gasteiger charge is -2.36. The van der Waals surface area contributed by atoms with Crippen LogP contribution < -0.4 is 11.1 Å². The highest BCUT2D eigenvalue weighted by molar-refractivity contribution is 5.70. The predicted molar refractivity (Wildman–Crippen MR) is 168 cm³/mol. The zero-order valence-electron chi connectivity index (χ0n) is 27.0. The minimum absolute atomic E-state index is 0.00646. The quantitative estimate of drug-likeness (QED) is 0.429. The predicted octanol–water partition coefficient (Wildman–Crippen LogP) is 4.31. The number of nitrogens with one attached hydrogen (secondary N) is 1. The van der Waals surface area contributed by atoms with Crippen LogP contribution in [0.1, 0.15) is 44.7 Å². The highest BCUT2D eigenvalue weighted by atomic mass is 16.6. The summed E-state index contributed by atoms with van der Waals surface area (Å²) in [4.78, 5) is 39.5. The van der Waals surface area contributed by atoms with Crippen molar-refractivity contribution in [3.8, 4) is 0 Å². The van der Waals surface area contributed by atoms with Crippen LogP contribution in [-0.4, -0.2) is 98.4 Å². The Morgan fingerprint density at radius 3 is 1.69 bits per heavy atom. The van der Waals surface area contributed by atoms with Crippen LogP contribution in [0.4, 0.5) is 14.4 Å². The van der Waals surface area contributed by atoms with Gasteiger partial charge in [0.05, 0.1) is 31.3 Å². The molecule has 2 aromatic carbocycles. The standard InChI is InChI=1S/C19H28N2O5.C14H20N2O3/c1-19(2,3)26-17(22)20-15-10-16(24-4)12-21(11-15)18(23)25-13-14-8-6-5-7-9-14;1-18-13-7-12(15)8-16(9-13)14(17)19-10-11-5-3-2-4-6-11/h5-9,15-16H,10-13H2,1-4H3,(H,20,22);2-6,12-13H,7-10,15H2,1H3/t15-,16+;12-,13+/m00/s1. The highest BCUT2D eigenvalue weighted by Gasteiger charge is 2.33. The summed E-state index contributed by atoms with van der Waals surface area (Å²) >= 11 is 0. The maximum absolute atomic E-state index is 12.4. The lowest BCUT2D eigenvalue weighted by atomic mass is 10.0. The summed E-state index contributed by atoms with van der Waals surface area (Å²) in [6.07, 6.45) is -0.0533. The normalized spacial score (nSPS) is 21.6. The molecule has 12 nitrogen and oxygen atoms in total. The van der Waals surface area contributed by atoms with E-state index in [0.717, 1.165) is 17.5 Å². The van der Waals surface area contributed by atoms with Crippen molar-refractivity contribution in [3.63, 3.8) is 0 Å². The minimum Gasteiger partial charge on any atom is -0.445 e. The van der Waals surface area contributed by atoms with E-state index in [-0.39, 0.29) is 43.6 Å². The van der Waals surface area contributed by atoms with E-state index in [2.05, 4.69) is 5.32 Å². The average molecular weight is 629 g/mol. The summed E-state index contributed by atoms with van der Waals surface area (Å²) in [5.41, 5.74) is 7.22. The first-order valence-electron chi connectivity index (χ1n) is 15.2. The van der Waals surface area contributed by atoms with E-state index in [1.165, 1.54) is 0 Å². The third-order valence-electron chi connectivity index (χ3n) is 7.17. The molecule has 4 rings (SSSR count). The van der Waals surface area contributed by atoms with E-state index in [9.17, 15) is 14.4 Å². The van der Waals surface area contributed by atoms with Crippen LogP contribution in [0.3, 0.4) is 0 Å². The molecule has 0 aromatic heterocycles. The number of benzene rings is 2. The zero-order chi connectivity index (χ0) is 32.8. The average Bonchev–Trinajstić information content (AvgIpc) is 3.02. The van der Waals surface area contributed by atoms with E-state index in [1.54, 1.807) is 44.8 Å². The van der Waals surface area contributed by atoms with Gasteiger partial charge in [-0.25, -0.2) is 14.4 Å². The molecule has 2 aromatic rings. The van der Waals surface area contributed by atoms with Crippen LogP contribution in [0.15, 0.2) is 60.7 Å². The summed E-state index contributed by atoms with van der Waals surface area (Å²) in [5, 5.41) is 2.81. The molecule has 3 amide bonds. The fourth-order valence-electron chi connectivity index (χ4n) is 4.98. The van der Waals surface area contributed by atoms with Crippen LogP contribution in [0.25, 0.3) is 0 Å². The van der Waals surface area contributed by atoms with Gasteiger partial charge in [0.15, 0.2) is 0 Å². The Kier molecular flexibility index (Phi) is 13.9. The molecule has 248 valence electrons. The van der Waals surface area contributed by atoms with Crippen LogP contribution >= 0.6 is 0 Å². The molecule has 3 N–H and O–H groups in total. The molecular weight excluding hydrogens is 580 g/mol. The van der Waals surface area contributed by atoms with E-state index in [1.807, 2.05) is 60.7 Å². The lowest BCUT2D eigenvalue weighted by Crippen LogP contribution is -2.55. The van der Waals surface area contributed by atoms with Gasteiger partial charge in [-0.05, 0) is 44.7 Å². The second-order valence-electron chi connectivity index (χ2n) is 12.2. The molecule has 0 aliphatic carbocycles. The second kappa shape index (κ2) is 17.6. The number of alkyl carbamates (subject to hydrolysis) is 1. The number of amides is 3. The number of carbonyl (C=O) groups is 3. The van der Waals surface area contributed by atoms with Crippen molar-refractivity contribution in [2.24, 2.45) is 5.73 Å². The van der Waals surface area contributed by atoms with E-state index >= 15 is 0 Å². The fraction of sp³-hybridized carbons (Fsp3) is 0.545. The van der Waals surface area contributed by atoms with Crippen LogP contribution in [0, 0.1) is 0 Å². The van der Waals surface area contributed by atoms with Gasteiger partial charge in [0.1, 0.15) is 18.8 Å². The van der Waals surface area contributed by atoms with Crippen molar-refractivity contribution in [1.82, 2.24) is 15.1 Å². The maximum atomic E-state index is 12.4. The molecule has 0 saturated carbocycles. The third-order valence-corrected chi connectivity index (χ3v) is 7.17. The molecule has 2 saturated heterocycles. The number of methoxy groups -OCH3 is 2. The van der Waals surface area contributed by atoms with Gasteiger partial charge in [-0.15, -0.1) is 0 Å². The first kappa shape index (κ1) is 35.6. The Labute approximate surface area is 266 Å². The summed E-state index contributed by atoms with van der Waals surface area (Å²) in [7, 11) is 3.23. The molecule has 0 unspecified atom stereocenters. The SMILES string of the molecule is CO[C@@H]1C[C@H](N)CN(C(=O)OCc2ccccc2)C1.CO[C@@H]1C[C@H](NC(=O)OC(C)(C)C)CN(C(=O)OCc2ccccc2)C1. The number of ether oxygens (including phenoxy) is 5. The number of hydrogen-bond acceptors (Lipinski definition) is 9.